The Labute approximate surface area is 120 Å². The van der Waals surface area contributed by atoms with Crippen LogP contribution in [-0.2, 0) is 9.53 Å². The third-order valence-electron chi connectivity index (χ3n) is 2.39. The van der Waals surface area contributed by atoms with Crippen molar-refractivity contribution < 1.29 is 9.53 Å². The summed E-state index contributed by atoms with van der Waals surface area (Å²) in [5, 5.41) is 3.19. The maximum Gasteiger partial charge on any atom is 0.241 e. The highest BCUT2D eigenvalue weighted by Gasteiger charge is 2.14. The molecule has 6 heteroatoms. The molecule has 0 aliphatic heterocycles. The molecule has 0 saturated heterocycles. The Morgan fingerprint density at radius 2 is 2.33 bits per heavy atom. The van der Waals surface area contributed by atoms with Gasteiger partial charge in [0, 0.05) is 18.2 Å². The van der Waals surface area contributed by atoms with Crippen LogP contribution in [0.1, 0.15) is 12.8 Å². The van der Waals surface area contributed by atoms with Gasteiger partial charge < -0.3 is 15.8 Å². The molecule has 100 valence electrons. The molecule has 1 rings (SSSR count). The molecule has 1 unspecified atom stereocenters. The van der Waals surface area contributed by atoms with Crippen LogP contribution in [0.5, 0.6) is 0 Å². The minimum atomic E-state index is -0.560. The summed E-state index contributed by atoms with van der Waals surface area (Å²) < 4.78 is 5.75. The van der Waals surface area contributed by atoms with Gasteiger partial charge in [0.15, 0.2) is 0 Å². The third kappa shape index (κ3) is 4.94. The van der Waals surface area contributed by atoms with Crippen LogP contribution in [-0.4, -0.2) is 25.7 Å². The van der Waals surface area contributed by atoms with Gasteiger partial charge in [0.1, 0.15) is 0 Å². The van der Waals surface area contributed by atoms with Gasteiger partial charge in [0.2, 0.25) is 5.91 Å². The second-order valence-corrected chi connectivity index (χ2v) is 5.18. The van der Waals surface area contributed by atoms with E-state index in [-0.39, 0.29) is 5.91 Å². The highest BCUT2D eigenvalue weighted by atomic mass is 79.9. The monoisotopic (exact) mass is 334 g/mol. The number of carbonyl (C=O) groups is 1. The van der Waals surface area contributed by atoms with Crippen molar-refractivity contribution >= 4 is 39.1 Å². The first kappa shape index (κ1) is 15.4. The van der Waals surface area contributed by atoms with Crippen LogP contribution in [0.25, 0.3) is 0 Å². The van der Waals surface area contributed by atoms with Crippen LogP contribution in [0.3, 0.4) is 0 Å². The van der Waals surface area contributed by atoms with Crippen molar-refractivity contribution in [2.75, 3.05) is 19.0 Å². The number of nitrogens with one attached hydrogen (secondary N) is 1. The molecule has 0 aliphatic rings. The molecular weight excluding hydrogens is 320 g/mol. The molecule has 1 amide bonds. The molecular formula is C12H16BrClN2O2. The number of carbonyl (C=O) groups excluding carboxylic acids is 1. The minimum absolute atomic E-state index is 0.244. The second-order valence-electron chi connectivity index (χ2n) is 3.85. The average Bonchev–Trinajstić information content (AvgIpc) is 2.34. The van der Waals surface area contributed by atoms with Crippen LogP contribution in [0.4, 0.5) is 5.69 Å². The maximum absolute atomic E-state index is 11.8. The van der Waals surface area contributed by atoms with Crippen LogP contribution in [0.15, 0.2) is 22.7 Å². The smallest absolute Gasteiger partial charge is 0.241 e. The highest BCUT2D eigenvalue weighted by Crippen LogP contribution is 2.25. The molecule has 1 aromatic carbocycles. The lowest BCUT2D eigenvalue weighted by Crippen LogP contribution is -2.35. The molecule has 4 nitrogen and oxygen atoms in total. The van der Waals surface area contributed by atoms with E-state index in [4.69, 9.17) is 22.1 Å². The van der Waals surface area contributed by atoms with E-state index in [0.29, 0.717) is 23.7 Å². The Balaban J connectivity index is 2.55. The third-order valence-corrected chi connectivity index (χ3v) is 3.21. The van der Waals surface area contributed by atoms with E-state index >= 15 is 0 Å². The van der Waals surface area contributed by atoms with Gasteiger partial charge >= 0.3 is 0 Å². The van der Waals surface area contributed by atoms with E-state index in [1.165, 1.54) is 0 Å². The second kappa shape index (κ2) is 7.74. The van der Waals surface area contributed by atoms with E-state index in [1.54, 1.807) is 25.3 Å². The first-order chi connectivity index (χ1) is 8.54. The molecule has 3 N–H and O–H groups in total. The lowest BCUT2D eigenvalue weighted by atomic mass is 10.1. The summed E-state index contributed by atoms with van der Waals surface area (Å²) >= 11 is 9.29. The molecule has 0 radical (unpaired) electrons. The van der Waals surface area contributed by atoms with Crippen LogP contribution >= 0.6 is 27.5 Å². The first-order valence-electron chi connectivity index (χ1n) is 5.55. The van der Waals surface area contributed by atoms with Gasteiger partial charge in [-0.3, -0.25) is 4.79 Å². The summed E-state index contributed by atoms with van der Waals surface area (Å²) in [6.45, 7) is 0.596. The molecule has 0 spiro atoms. The first-order valence-corrected chi connectivity index (χ1v) is 6.72. The normalized spacial score (nSPS) is 12.2. The predicted octanol–water partition coefficient (Wildman–Crippen LogP) is 2.79. The van der Waals surface area contributed by atoms with Gasteiger partial charge in [0.25, 0.3) is 0 Å². The summed E-state index contributed by atoms with van der Waals surface area (Å²) in [5.74, 6) is -0.244. The minimum Gasteiger partial charge on any atom is -0.385 e. The number of anilines is 1. The van der Waals surface area contributed by atoms with E-state index < -0.39 is 6.04 Å². The Hall–Kier alpha value is -0.620. The van der Waals surface area contributed by atoms with Gasteiger partial charge in [-0.2, -0.15) is 0 Å². The van der Waals surface area contributed by atoms with Crippen molar-refractivity contribution in [3.8, 4) is 0 Å². The Morgan fingerprint density at radius 3 is 3.00 bits per heavy atom. The molecule has 1 atom stereocenters. The van der Waals surface area contributed by atoms with Crippen molar-refractivity contribution in [3.63, 3.8) is 0 Å². The number of hydrogen-bond acceptors (Lipinski definition) is 3. The van der Waals surface area contributed by atoms with Gasteiger partial charge in [-0.15, -0.1) is 0 Å². The summed E-state index contributed by atoms with van der Waals surface area (Å²) in [4.78, 5) is 11.8. The zero-order valence-corrected chi connectivity index (χ0v) is 12.4. The molecule has 1 aromatic rings. The molecule has 0 heterocycles. The number of rotatable bonds is 6. The predicted molar refractivity (Wildman–Crippen MR) is 76.9 cm³/mol. The van der Waals surface area contributed by atoms with Crippen molar-refractivity contribution in [1.82, 2.24) is 0 Å². The molecule has 0 fully saturated rings. The van der Waals surface area contributed by atoms with E-state index in [2.05, 4.69) is 21.2 Å². The van der Waals surface area contributed by atoms with Crippen LogP contribution < -0.4 is 11.1 Å². The number of benzene rings is 1. The number of hydrogen-bond donors (Lipinski definition) is 2. The van der Waals surface area contributed by atoms with Crippen molar-refractivity contribution in [2.45, 2.75) is 18.9 Å². The lowest BCUT2D eigenvalue weighted by Gasteiger charge is -2.13. The number of halogens is 2. The molecule has 18 heavy (non-hydrogen) atoms. The standard InChI is InChI=1S/C12H16BrClN2O2/c1-18-6-2-3-10(15)12(17)16-11-7-8(13)4-5-9(11)14/h4-5,7,10H,2-3,6,15H2,1H3,(H,16,17). The van der Waals surface area contributed by atoms with Crippen molar-refractivity contribution in [3.05, 3.63) is 27.7 Å². The van der Waals surface area contributed by atoms with E-state index in [0.717, 1.165) is 10.9 Å². The number of methoxy groups -OCH3 is 1. The topological polar surface area (TPSA) is 64.3 Å². The Bertz CT molecular complexity index is 415. The summed E-state index contributed by atoms with van der Waals surface area (Å²) in [7, 11) is 1.62. The Morgan fingerprint density at radius 1 is 1.61 bits per heavy atom. The van der Waals surface area contributed by atoms with Gasteiger partial charge in [-0.25, -0.2) is 0 Å². The lowest BCUT2D eigenvalue weighted by molar-refractivity contribution is -0.117. The highest BCUT2D eigenvalue weighted by molar-refractivity contribution is 9.10. The van der Waals surface area contributed by atoms with Crippen molar-refractivity contribution in [2.24, 2.45) is 5.73 Å². The zero-order chi connectivity index (χ0) is 13.5. The molecule has 0 aliphatic carbocycles. The number of amides is 1. The largest absolute Gasteiger partial charge is 0.385 e. The number of ether oxygens (including phenoxy) is 1. The summed E-state index contributed by atoms with van der Waals surface area (Å²) in [6, 6.07) is 4.69. The summed E-state index contributed by atoms with van der Waals surface area (Å²) in [5.41, 5.74) is 6.33. The average molecular weight is 336 g/mol. The molecule has 0 saturated carbocycles. The van der Waals surface area contributed by atoms with E-state index in [9.17, 15) is 4.79 Å². The Kier molecular flexibility index (Phi) is 6.63. The quantitative estimate of drug-likeness (QED) is 0.786. The van der Waals surface area contributed by atoms with Crippen LogP contribution in [0, 0.1) is 0 Å². The van der Waals surface area contributed by atoms with E-state index in [1.807, 2.05) is 0 Å². The maximum atomic E-state index is 11.8. The molecule has 0 bridgehead atoms. The molecule has 0 aromatic heterocycles. The van der Waals surface area contributed by atoms with Gasteiger partial charge in [-0.1, -0.05) is 27.5 Å². The fraction of sp³-hybridized carbons (Fsp3) is 0.417. The fourth-order valence-electron chi connectivity index (χ4n) is 1.40. The summed E-state index contributed by atoms with van der Waals surface area (Å²) in [6.07, 6.45) is 1.32. The fourth-order valence-corrected chi connectivity index (χ4v) is 1.92. The van der Waals surface area contributed by atoms with Gasteiger partial charge in [0.05, 0.1) is 16.8 Å². The zero-order valence-electron chi connectivity index (χ0n) is 10.1. The van der Waals surface area contributed by atoms with Crippen LogP contribution in [0.2, 0.25) is 5.02 Å². The SMILES string of the molecule is COCCCC(N)C(=O)Nc1cc(Br)ccc1Cl. The number of nitrogens with two attached hydrogens (primary N) is 1. The van der Waals surface area contributed by atoms with Gasteiger partial charge in [-0.05, 0) is 31.0 Å². The van der Waals surface area contributed by atoms with Crippen molar-refractivity contribution in [1.29, 1.82) is 0 Å².